The second-order valence-electron chi connectivity index (χ2n) is 7.28. The molecule has 1 aromatic rings. The molecule has 9 heteroatoms. The highest BCUT2D eigenvalue weighted by Crippen LogP contribution is 2.30. The van der Waals surface area contributed by atoms with E-state index in [4.69, 9.17) is 0 Å². The van der Waals surface area contributed by atoms with Gasteiger partial charge in [-0.25, -0.2) is 18.6 Å². The van der Waals surface area contributed by atoms with Crippen molar-refractivity contribution in [3.05, 3.63) is 35.4 Å². The van der Waals surface area contributed by atoms with Crippen LogP contribution < -0.4 is 16.0 Å². The summed E-state index contributed by atoms with van der Waals surface area (Å²) in [7, 11) is 0. The van der Waals surface area contributed by atoms with Crippen molar-refractivity contribution in [3.8, 4) is 0 Å². The van der Waals surface area contributed by atoms with Crippen LogP contribution in [0.3, 0.4) is 0 Å². The molecule has 1 unspecified atom stereocenters. The first-order valence-electron chi connectivity index (χ1n) is 9.44. The van der Waals surface area contributed by atoms with E-state index in [9.17, 15) is 18.4 Å². The molecule has 2 fully saturated rings. The van der Waals surface area contributed by atoms with Gasteiger partial charge in [0.05, 0.1) is 6.54 Å². The zero-order valence-corrected chi connectivity index (χ0v) is 16.0. The van der Waals surface area contributed by atoms with E-state index in [1.807, 2.05) is 11.8 Å². The maximum absolute atomic E-state index is 13.8. The third-order valence-corrected chi connectivity index (χ3v) is 5.42. The zero-order valence-electron chi connectivity index (χ0n) is 16.0. The number of urea groups is 1. The topological polar surface area (TPSA) is 85.8 Å². The zero-order chi connectivity index (χ0) is 20.3. The summed E-state index contributed by atoms with van der Waals surface area (Å²) >= 11 is 0. The largest absolute Gasteiger partial charge is 0.357 e. The van der Waals surface area contributed by atoms with Crippen LogP contribution in [0.1, 0.15) is 32.3 Å². The van der Waals surface area contributed by atoms with Crippen molar-refractivity contribution >= 4 is 17.9 Å². The van der Waals surface area contributed by atoms with Gasteiger partial charge in [-0.05, 0) is 50.8 Å². The number of rotatable bonds is 4. The molecule has 3 rings (SSSR count). The summed E-state index contributed by atoms with van der Waals surface area (Å²) in [6.45, 7) is 5.63. The SMILES string of the molecule is CCNC(=NCc1cc(F)ccc1F)N1CCC(C2(C)NC(=O)NC2=O)CC1. The molecule has 0 bridgehead atoms. The minimum atomic E-state index is -0.899. The van der Waals surface area contributed by atoms with Crippen molar-refractivity contribution in [1.29, 1.82) is 0 Å². The average molecular weight is 393 g/mol. The predicted octanol–water partition coefficient (Wildman–Crippen LogP) is 1.74. The second-order valence-corrected chi connectivity index (χ2v) is 7.28. The number of likely N-dealkylation sites (tertiary alicyclic amines) is 1. The monoisotopic (exact) mass is 393 g/mol. The van der Waals surface area contributed by atoms with Crippen LogP contribution in [0.15, 0.2) is 23.2 Å². The van der Waals surface area contributed by atoms with Crippen molar-refractivity contribution in [1.82, 2.24) is 20.9 Å². The molecule has 0 spiro atoms. The van der Waals surface area contributed by atoms with Crippen LogP contribution in [-0.2, 0) is 11.3 Å². The summed E-state index contributed by atoms with van der Waals surface area (Å²) in [5.41, 5.74) is -0.702. The molecule has 152 valence electrons. The number of nitrogens with one attached hydrogen (secondary N) is 3. The van der Waals surface area contributed by atoms with Gasteiger partial charge in [0.2, 0.25) is 0 Å². The van der Waals surface area contributed by atoms with Crippen LogP contribution in [0.25, 0.3) is 0 Å². The van der Waals surface area contributed by atoms with E-state index in [0.29, 0.717) is 38.4 Å². The fraction of sp³-hybridized carbons (Fsp3) is 0.526. The molecule has 3 amide bonds. The summed E-state index contributed by atoms with van der Waals surface area (Å²) in [4.78, 5) is 30.1. The summed E-state index contributed by atoms with van der Waals surface area (Å²) < 4.78 is 27.2. The van der Waals surface area contributed by atoms with Crippen LogP contribution in [0.4, 0.5) is 13.6 Å². The molecule has 1 atom stereocenters. The highest BCUT2D eigenvalue weighted by Gasteiger charge is 2.48. The molecule has 7 nitrogen and oxygen atoms in total. The number of nitrogens with zero attached hydrogens (tertiary/aromatic N) is 2. The van der Waals surface area contributed by atoms with Gasteiger partial charge in [0, 0.05) is 25.2 Å². The lowest BCUT2D eigenvalue weighted by Crippen LogP contribution is -2.55. The number of benzene rings is 1. The first kappa shape index (κ1) is 20.0. The number of guanidine groups is 1. The molecule has 2 heterocycles. The van der Waals surface area contributed by atoms with Crippen LogP contribution in [0, 0.1) is 17.6 Å². The normalized spacial score (nSPS) is 23.6. The Balaban J connectivity index is 1.67. The van der Waals surface area contributed by atoms with E-state index < -0.39 is 23.2 Å². The molecule has 28 heavy (non-hydrogen) atoms. The van der Waals surface area contributed by atoms with Gasteiger partial charge >= 0.3 is 6.03 Å². The van der Waals surface area contributed by atoms with Gasteiger partial charge in [-0.15, -0.1) is 0 Å². The molecule has 0 radical (unpaired) electrons. The van der Waals surface area contributed by atoms with Gasteiger partial charge < -0.3 is 15.5 Å². The molecule has 1 aromatic carbocycles. The minimum Gasteiger partial charge on any atom is -0.357 e. The van der Waals surface area contributed by atoms with Crippen molar-refractivity contribution in [3.63, 3.8) is 0 Å². The Morgan fingerprint density at radius 2 is 2.04 bits per heavy atom. The van der Waals surface area contributed by atoms with Gasteiger partial charge in [0.15, 0.2) is 5.96 Å². The molecule has 2 saturated heterocycles. The number of amides is 3. The molecule has 0 aromatic heterocycles. The van der Waals surface area contributed by atoms with Crippen LogP contribution in [0.2, 0.25) is 0 Å². The predicted molar refractivity (Wildman–Crippen MR) is 101 cm³/mol. The van der Waals surface area contributed by atoms with Gasteiger partial charge in [-0.3, -0.25) is 10.1 Å². The van der Waals surface area contributed by atoms with E-state index in [1.165, 1.54) is 0 Å². The van der Waals surface area contributed by atoms with Crippen LogP contribution in [0.5, 0.6) is 0 Å². The number of hydrogen-bond acceptors (Lipinski definition) is 3. The maximum atomic E-state index is 13.8. The molecular weight excluding hydrogens is 368 g/mol. The fourth-order valence-corrected chi connectivity index (χ4v) is 3.76. The summed E-state index contributed by atoms with van der Waals surface area (Å²) in [6.07, 6.45) is 1.39. The number of carbonyl (C=O) groups excluding carboxylic acids is 2. The third kappa shape index (κ3) is 4.07. The van der Waals surface area contributed by atoms with Crippen LogP contribution in [-0.4, -0.2) is 48.0 Å². The minimum absolute atomic E-state index is 0.0127. The summed E-state index contributed by atoms with van der Waals surface area (Å²) in [5, 5.41) is 8.22. The standard InChI is InChI=1S/C19H25F2N5O2/c1-3-22-17(23-11-12-10-14(20)4-5-15(12)21)26-8-6-13(7-9-26)19(2)16(27)24-18(28)25-19/h4-5,10,13H,3,6-9,11H2,1-2H3,(H,22,23)(H2,24,25,27,28). The van der Waals surface area contributed by atoms with Crippen molar-refractivity contribution < 1.29 is 18.4 Å². The van der Waals surface area contributed by atoms with Crippen molar-refractivity contribution in [2.45, 2.75) is 38.8 Å². The quantitative estimate of drug-likeness (QED) is 0.413. The first-order valence-corrected chi connectivity index (χ1v) is 9.44. The van der Waals surface area contributed by atoms with Gasteiger partial charge in [-0.2, -0.15) is 0 Å². The number of halogens is 2. The number of carbonyl (C=O) groups is 2. The summed E-state index contributed by atoms with van der Waals surface area (Å²) in [6, 6.07) is 2.87. The van der Waals surface area contributed by atoms with Gasteiger partial charge in [0.1, 0.15) is 17.2 Å². The smallest absolute Gasteiger partial charge is 0.322 e. The maximum Gasteiger partial charge on any atom is 0.322 e. The second kappa shape index (κ2) is 8.12. The number of hydrogen-bond donors (Lipinski definition) is 3. The first-order chi connectivity index (χ1) is 13.3. The lowest BCUT2D eigenvalue weighted by atomic mass is 9.79. The third-order valence-electron chi connectivity index (χ3n) is 5.42. The van der Waals surface area contributed by atoms with E-state index in [1.54, 1.807) is 6.92 Å². The van der Waals surface area contributed by atoms with Crippen molar-refractivity contribution in [2.24, 2.45) is 10.9 Å². The molecule has 2 aliphatic heterocycles. The molecule has 3 N–H and O–H groups in total. The highest BCUT2D eigenvalue weighted by molar-refractivity contribution is 6.07. The number of imide groups is 1. The lowest BCUT2D eigenvalue weighted by molar-refractivity contribution is -0.125. The Morgan fingerprint density at radius 1 is 1.32 bits per heavy atom. The summed E-state index contributed by atoms with van der Waals surface area (Å²) in [5.74, 6) is -0.648. The van der Waals surface area contributed by atoms with Crippen LogP contribution >= 0.6 is 0 Å². The average Bonchev–Trinajstić information content (AvgIpc) is 2.94. The number of piperidine rings is 1. The van der Waals surface area contributed by atoms with E-state index in [0.717, 1.165) is 18.2 Å². The Morgan fingerprint density at radius 3 is 2.64 bits per heavy atom. The molecule has 0 saturated carbocycles. The van der Waals surface area contributed by atoms with E-state index in [-0.39, 0.29) is 23.9 Å². The lowest BCUT2D eigenvalue weighted by Gasteiger charge is -2.39. The molecule has 0 aliphatic carbocycles. The number of aliphatic imine (C=N–C) groups is 1. The Hall–Kier alpha value is -2.71. The van der Waals surface area contributed by atoms with E-state index >= 15 is 0 Å². The van der Waals surface area contributed by atoms with Gasteiger partial charge in [-0.1, -0.05) is 0 Å². The van der Waals surface area contributed by atoms with E-state index in [2.05, 4.69) is 20.9 Å². The highest BCUT2D eigenvalue weighted by atomic mass is 19.1. The molecule has 2 aliphatic rings. The Kier molecular flexibility index (Phi) is 5.81. The van der Waals surface area contributed by atoms with Crippen molar-refractivity contribution in [2.75, 3.05) is 19.6 Å². The Bertz CT molecular complexity index is 793. The molecular formula is C19H25F2N5O2. The van der Waals surface area contributed by atoms with Gasteiger partial charge in [0.25, 0.3) is 5.91 Å². The fourth-order valence-electron chi connectivity index (χ4n) is 3.76. The Labute approximate surface area is 162 Å².